The summed E-state index contributed by atoms with van der Waals surface area (Å²) in [4.78, 5) is 11.4. The fourth-order valence-electron chi connectivity index (χ4n) is 2.93. The molecule has 2 N–H and O–H groups in total. The molecule has 0 saturated heterocycles. The highest BCUT2D eigenvalue weighted by Crippen LogP contribution is 2.36. The Labute approximate surface area is 154 Å². The van der Waals surface area contributed by atoms with Crippen LogP contribution in [0.1, 0.15) is 30.7 Å². The molecule has 0 fully saturated rings. The highest BCUT2D eigenvalue weighted by molar-refractivity contribution is 7.56. The van der Waals surface area contributed by atoms with Gasteiger partial charge in [-0.25, -0.2) is 0 Å². The van der Waals surface area contributed by atoms with E-state index in [4.69, 9.17) is 14.8 Å². The molecule has 6 nitrogen and oxygen atoms in total. The average molecular weight is 373 g/mol. The average Bonchev–Trinajstić information content (AvgIpc) is 3.04. The molecule has 1 aromatic heterocycles. The van der Waals surface area contributed by atoms with Crippen LogP contribution in [0.2, 0.25) is 0 Å². The predicted molar refractivity (Wildman–Crippen MR) is 103 cm³/mol. The van der Waals surface area contributed by atoms with Gasteiger partial charge in [0.2, 0.25) is 14.3 Å². The monoisotopic (exact) mass is 373 g/mol. The highest BCUT2D eigenvalue weighted by Gasteiger charge is 2.21. The number of amides is 1. The van der Waals surface area contributed by atoms with E-state index in [-0.39, 0.29) is 11.8 Å². The number of rotatable bonds is 8. The number of aromatic nitrogens is 2. The zero-order valence-corrected chi connectivity index (χ0v) is 16.0. The number of nitrogens with zero attached hydrogens (tertiary/aromatic N) is 2. The first-order valence-corrected chi connectivity index (χ1v) is 9.97. The van der Waals surface area contributed by atoms with Crippen molar-refractivity contribution in [2.24, 2.45) is 11.7 Å². The van der Waals surface area contributed by atoms with Crippen LogP contribution in [-0.2, 0) is 26.8 Å². The van der Waals surface area contributed by atoms with E-state index in [0.717, 1.165) is 22.1 Å². The van der Waals surface area contributed by atoms with Gasteiger partial charge < -0.3 is 14.8 Å². The van der Waals surface area contributed by atoms with Crippen LogP contribution in [-0.4, -0.2) is 28.9 Å². The topological polar surface area (TPSA) is 79.4 Å². The van der Waals surface area contributed by atoms with Crippen LogP contribution in [0, 0.1) is 5.92 Å². The smallest absolute Gasteiger partial charge is 0.224 e. The van der Waals surface area contributed by atoms with Crippen molar-refractivity contribution in [2.45, 2.75) is 26.8 Å². The van der Waals surface area contributed by atoms with Gasteiger partial charge in [-0.05, 0) is 49.6 Å². The lowest BCUT2D eigenvalue weighted by molar-refractivity contribution is -0.120. The van der Waals surface area contributed by atoms with E-state index < -0.39 is 8.38 Å². The summed E-state index contributed by atoms with van der Waals surface area (Å²) >= 11 is 0. The van der Waals surface area contributed by atoms with Crippen LogP contribution in [0.4, 0.5) is 0 Å². The van der Waals surface area contributed by atoms with Gasteiger partial charge in [-0.2, -0.15) is 5.10 Å². The van der Waals surface area contributed by atoms with Gasteiger partial charge in [0.1, 0.15) is 0 Å². The van der Waals surface area contributed by atoms with Gasteiger partial charge in [0.15, 0.2) is 0 Å². The normalized spacial score (nSPS) is 16.0. The summed E-state index contributed by atoms with van der Waals surface area (Å²) in [5, 5.41) is 5.54. The Hall–Kier alpha value is -2.01. The van der Waals surface area contributed by atoms with Crippen LogP contribution in [0.25, 0.3) is 6.08 Å². The zero-order valence-electron chi connectivity index (χ0n) is 15.1. The SMILES string of the molecule is CCOP(OCC)c1ccc(Cn2ncc3c2C=CC(C(N)=O)C3)cc1. The maximum Gasteiger partial charge on any atom is 0.224 e. The minimum Gasteiger partial charge on any atom is -0.369 e. The number of benzene rings is 1. The van der Waals surface area contributed by atoms with E-state index in [1.165, 1.54) is 0 Å². The van der Waals surface area contributed by atoms with Crippen molar-refractivity contribution in [1.29, 1.82) is 0 Å². The molecule has 1 aliphatic rings. The molecule has 138 valence electrons. The van der Waals surface area contributed by atoms with Crippen molar-refractivity contribution in [3.8, 4) is 0 Å². The third-order valence-corrected chi connectivity index (χ3v) is 5.93. The van der Waals surface area contributed by atoms with Gasteiger partial charge in [0, 0.05) is 5.30 Å². The van der Waals surface area contributed by atoms with Gasteiger partial charge in [0.05, 0.1) is 37.6 Å². The fourth-order valence-corrected chi connectivity index (χ4v) is 4.17. The number of nitrogens with two attached hydrogens (primary N) is 1. The first kappa shape index (κ1) is 18.8. The zero-order chi connectivity index (χ0) is 18.5. The second-order valence-electron chi connectivity index (χ2n) is 6.04. The van der Waals surface area contributed by atoms with E-state index in [1.54, 1.807) is 0 Å². The Morgan fingerprint density at radius 2 is 1.96 bits per heavy atom. The molecule has 26 heavy (non-hydrogen) atoms. The van der Waals surface area contributed by atoms with Crippen LogP contribution in [0.15, 0.2) is 36.5 Å². The number of carbonyl (C=O) groups excluding carboxylic acids is 1. The van der Waals surface area contributed by atoms with Gasteiger partial charge in [-0.1, -0.05) is 18.2 Å². The molecule has 1 unspecified atom stereocenters. The van der Waals surface area contributed by atoms with Crippen LogP contribution < -0.4 is 11.0 Å². The largest absolute Gasteiger partial charge is 0.369 e. The third-order valence-electron chi connectivity index (χ3n) is 4.22. The van der Waals surface area contributed by atoms with Crippen LogP contribution >= 0.6 is 8.38 Å². The Morgan fingerprint density at radius 3 is 2.58 bits per heavy atom. The molecule has 0 radical (unpaired) electrons. The number of fused-ring (bicyclic) bond motifs is 1. The minimum atomic E-state index is -1.02. The molecule has 0 saturated carbocycles. The lowest BCUT2D eigenvalue weighted by atomic mass is 9.93. The molecule has 1 atom stereocenters. The molecular weight excluding hydrogens is 349 g/mol. The van der Waals surface area contributed by atoms with E-state index in [9.17, 15) is 4.79 Å². The summed E-state index contributed by atoms with van der Waals surface area (Å²) in [6, 6.07) is 8.27. The van der Waals surface area contributed by atoms with E-state index in [0.29, 0.717) is 26.2 Å². The number of hydrogen-bond donors (Lipinski definition) is 1. The van der Waals surface area contributed by atoms with Gasteiger partial charge in [-0.15, -0.1) is 0 Å². The first-order chi connectivity index (χ1) is 12.6. The number of primary amides is 1. The molecule has 3 rings (SSSR count). The van der Waals surface area contributed by atoms with Crippen molar-refractivity contribution in [1.82, 2.24) is 9.78 Å². The highest BCUT2D eigenvalue weighted by atomic mass is 31.2. The maximum atomic E-state index is 11.4. The molecule has 7 heteroatoms. The van der Waals surface area contributed by atoms with Crippen molar-refractivity contribution in [2.75, 3.05) is 13.2 Å². The lowest BCUT2D eigenvalue weighted by Crippen LogP contribution is -2.25. The second kappa shape index (κ2) is 8.58. The Morgan fingerprint density at radius 1 is 1.27 bits per heavy atom. The van der Waals surface area contributed by atoms with Crippen molar-refractivity contribution < 1.29 is 13.8 Å². The summed E-state index contributed by atoms with van der Waals surface area (Å²) in [5.41, 5.74) is 8.64. The standard InChI is InChI=1S/C19H24N3O3P/c1-3-24-26(25-4-2)17-8-5-14(6-9-17)13-22-18-10-7-15(19(20)23)11-16(18)12-21-22/h5-10,12,15H,3-4,11,13H2,1-2H3,(H2,20,23). The quantitative estimate of drug-likeness (QED) is 0.722. The summed E-state index contributed by atoms with van der Waals surface area (Å²) in [5.74, 6) is -0.536. The maximum absolute atomic E-state index is 11.4. The summed E-state index contributed by atoms with van der Waals surface area (Å²) in [6.07, 6.45) is 6.25. The summed E-state index contributed by atoms with van der Waals surface area (Å²) < 4.78 is 13.3. The van der Waals surface area contributed by atoms with Crippen molar-refractivity contribution in [3.05, 3.63) is 53.4 Å². The Balaban J connectivity index is 1.72. The predicted octanol–water partition coefficient (Wildman–Crippen LogP) is 2.61. The molecule has 0 spiro atoms. The van der Waals surface area contributed by atoms with E-state index in [1.807, 2.05) is 36.9 Å². The van der Waals surface area contributed by atoms with Gasteiger partial charge in [-0.3, -0.25) is 9.48 Å². The van der Waals surface area contributed by atoms with Crippen molar-refractivity contribution in [3.63, 3.8) is 0 Å². The summed E-state index contributed by atoms with van der Waals surface area (Å²) in [6.45, 7) is 5.87. The Bertz CT molecular complexity index is 780. The minimum absolute atomic E-state index is 0.240. The molecule has 2 aromatic rings. The molecule has 1 heterocycles. The van der Waals surface area contributed by atoms with E-state index >= 15 is 0 Å². The second-order valence-corrected chi connectivity index (χ2v) is 7.59. The molecule has 0 aliphatic heterocycles. The lowest BCUT2D eigenvalue weighted by Gasteiger charge is -2.16. The van der Waals surface area contributed by atoms with Crippen LogP contribution in [0.3, 0.4) is 0 Å². The molecule has 1 aliphatic carbocycles. The number of carbonyl (C=O) groups is 1. The van der Waals surface area contributed by atoms with Crippen LogP contribution in [0.5, 0.6) is 0 Å². The fraction of sp³-hybridized carbons (Fsp3) is 0.368. The first-order valence-electron chi connectivity index (χ1n) is 8.79. The molecule has 0 bridgehead atoms. The molecule has 1 aromatic carbocycles. The third kappa shape index (κ3) is 4.21. The molecular formula is C19H24N3O3P. The number of hydrogen-bond acceptors (Lipinski definition) is 4. The Kier molecular flexibility index (Phi) is 6.20. The molecule has 1 amide bonds. The van der Waals surface area contributed by atoms with Gasteiger partial charge in [0.25, 0.3) is 0 Å². The van der Waals surface area contributed by atoms with Crippen molar-refractivity contribution >= 4 is 25.7 Å². The summed E-state index contributed by atoms with van der Waals surface area (Å²) in [7, 11) is -1.02. The van der Waals surface area contributed by atoms with E-state index in [2.05, 4.69) is 29.4 Å². The van der Waals surface area contributed by atoms with Gasteiger partial charge >= 0.3 is 0 Å².